The number of hydrogen-bond acceptors (Lipinski definition) is 4. The molecule has 2 rings (SSSR count). The Morgan fingerprint density at radius 1 is 1.07 bits per heavy atom. The summed E-state index contributed by atoms with van der Waals surface area (Å²) in [6.45, 7) is 0. The Kier molecular flexibility index (Phi) is 2.79. The fourth-order valence-corrected chi connectivity index (χ4v) is 2.71. The highest BCUT2D eigenvalue weighted by molar-refractivity contribution is 4.93. The zero-order valence-electron chi connectivity index (χ0n) is 8.99. The molecule has 0 aromatic heterocycles. The summed E-state index contributed by atoms with van der Waals surface area (Å²) in [6, 6.07) is 0. The maximum atomic E-state index is 5.76. The van der Waals surface area contributed by atoms with E-state index in [0.29, 0.717) is 6.10 Å². The van der Waals surface area contributed by atoms with Crippen LogP contribution in [-0.2, 0) is 18.9 Å². The summed E-state index contributed by atoms with van der Waals surface area (Å²) in [6.07, 6.45) is 3.84. The lowest BCUT2D eigenvalue weighted by Gasteiger charge is -2.37. The molecule has 0 aromatic rings. The molecule has 2 bridgehead atoms. The topological polar surface area (TPSA) is 36.9 Å². The van der Waals surface area contributed by atoms with Gasteiger partial charge in [0.05, 0.1) is 18.1 Å². The van der Waals surface area contributed by atoms with Crippen molar-refractivity contribution in [2.24, 2.45) is 5.92 Å². The average molecular weight is 202 g/mol. The van der Waals surface area contributed by atoms with Crippen LogP contribution in [0, 0.1) is 5.92 Å². The van der Waals surface area contributed by atoms with Crippen molar-refractivity contribution in [3.05, 3.63) is 0 Å². The van der Waals surface area contributed by atoms with Gasteiger partial charge in [0, 0.05) is 21.3 Å². The fraction of sp³-hybridized carbons (Fsp3) is 1.00. The maximum Gasteiger partial charge on any atom is 0.287 e. The van der Waals surface area contributed by atoms with Gasteiger partial charge in [-0.2, -0.15) is 0 Å². The third-order valence-electron chi connectivity index (χ3n) is 3.41. The number of ether oxygens (including phenoxy) is 4. The highest BCUT2D eigenvalue weighted by atomic mass is 16.9. The van der Waals surface area contributed by atoms with Gasteiger partial charge < -0.3 is 18.9 Å². The first-order chi connectivity index (χ1) is 6.75. The van der Waals surface area contributed by atoms with Crippen molar-refractivity contribution in [3.63, 3.8) is 0 Å². The molecule has 2 saturated heterocycles. The molecule has 2 aliphatic heterocycles. The van der Waals surface area contributed by atoms with E-state index in [0.717, 1.165) is 19.3 Å². The third kappa shape index (κ3) is 1.37. The Balaban J connectivity index is 2.12. The number of fused-ring (bicyclic) bond motifs is 2. The molecule has 0 radical (unpaired) electrons. The van der Waals surface area contributed by atoms with E-state index in [9.17, 15) is 0 Å². The van der Waals surface area contributed by atoms with Gasteiger partial charge in [-0.05, 0) is 19.3 Å². The molecule has 3 unspecified atom stereocenters. The lowest BCUT2D eigenvalue weighted by Crippen LogP contribution is -2.47. The predicted molar refractivity (Wildman–Crippen MR) is 49.8 cm³/mol. The van der Waals surface area contributed by atoms with Gasteiger partial charge >= 0.3 is 0 Å². The van der Waals surface area contributed by atoms with Crippen LogP contribution < -0.4 is 0 Å². The van der Waals surface area contributed by atoms with Gasteiger partial charge in [0.15, 0.2) is 0 Å². The molecule has 0 aliphatic carbocycles. The van der Waals surface area contributed by atoms with Crippen molar-refractivity contribution in [2.45, 2.75) is 37.4 Å². The van der Waals surface area contributed by atoms with Crippen molar-refractivity contribution < 1.29 is 18.9 Å². The molecule has 2 heterocycles. The Bertz CT molecular complexity index is 194. The summed E-state index contributed by atoms with van der Waals surface area (Å²) in [5.74, 6) is -0.721. The largest absolute Gasteiger partial charge is 0.374 e. The minimum absolute atomic E-state index is 0.196. The lowest BCUT2D eigenvalue weighted by molar-refractivity contribution is -0.382. The smallest absolute Gasteiger partial charge is 0.287 e. The Labute approximate surface area is 84.5 Å². The van der Waals surface area contributed by atoms with Gasteiger partial charge in [-0.25, -0.2) is 0 Å². The fourth-order valence-electron chi connectivity index (χ4n) is 2.71. The quantitative estimate of drug-likeness (QED) is 0.641. The summed E-state index contributed by atoms with van der Waals surface area (Å²) in [5, 5.41) is 0. The molecule has 0 amide bonds. The number of hydrogen-bond donors (Lipinski definition) is 0. The van der Waals surface area contributed by atoms with Crippen molar-refractivity contribution in [3.8, 4) is 0 Å². The average Bonchev–Trinajstić information content (AvgIpc) is 2.83. The molecular weight excluding hydrogens is 184 g/mol. The molecule has 0 saturated carbocycles. The van der Waals surface area contributed by atoms with E-state index in [4.69, 9.17) is 18.9 Å². The van der Waals surface area contributed by atoms with E-state index >= 15 is 0 Å². The molecule has 2 aliphatic rings. The third-order valence-corrected chi connectivity index (χ3v) is 3.41. The van der Waals surface area contributed by atoms with Gasteiger partial charge in [-0.3, -0.25) is 0 Å². The van der Waals surface area contributed by atoms with Crippen LogP contribution in [0.15, 0.2) is 0 Å². The van der Waals surface area contributed by atoms with Crippen LogP contribution in [0.3, 0.4) is 0 Å². The Hall–Kier alpha value is -0.160. The second-order valence-electron chi connectivity index (χ2n) is 3.93. The number of methoxy groups -OCH3 is 3. The standard InChI is InChI=1S/C10H18O4/c1-11-10(12-2,13-3)8-6-7-4-5-9(8)14-7/h7-9H,4-6H2,1-3H3. The van der Waals surface area contributed by atoms with Crippen LogP contribution in [0.25, 0.3) is 0 Å². The van der Waals surface area contributed by atoms with Crippen LogP contribution in [-0.4, -0.2) is 39.5 Å². The van der Waals surface area contributed by atoms with Gasteiger partial charge in [0.25, 0.3) is 5.97 Å². The minimum Gasteiger partial charge on any atom is -0.374 e. The summed E-state index contributed by atoms with van der Waals surface area (Å²) in [4.78, 5) is 0. The normalized spacial score (nSPS) is 36.6. The minimum atomic E-state index is -0.917. The van der Waals surface area contributed by atoms with E-state index in [-0.39, 0.29) is 12.0 Å². The predicted octanol–water partition coefficient (Wildman–Crippen LogP) is 1.15. The van der Waals surface area contributed by atoms with Crippen LogP contribution in [0.2, 0.25) is 0 Å². The lowest BCUT2D eigenvalue weighted by atomic mass is 9.87. The van der Waals surface area contributed by atoms with Gasteiger partial charge in [0.1, 0.15) is 0 Å². The molecule has 0 spiro atoms. The van der Waals surface area contributed by atoms with Crippen molar-refractivity contribution >= 4 is 0 Å². The zero-order valence-corrected chi connectivity index (χ0v) is 8.99. The molecule has 4 heteroatoms. The van der Waals surface area contributed by atoms with Gasteiger partial charge in [-0.1, -0.05) is 0 Å². The molecule has 82 valence electrons. The monoisotopic (exact) mass is 202 g/mol. The summed E-state index contributed by atoms with van der Waals surface area (Å²) in [5.41, 5.74) is 0. The van der Waals surface area contributed by atoms with Crippen LogP contribution in [0.5, 0.6) is 0 Å². The van der Waals surface area contributed by atoms with E-state index < -0.39 is 5.97 Å². The number of rotatable bonds is 4. The maximum absolute atomic E-state index is 5.76. The first kappa shape index (κ1) is 10.4. The van der Waals surface area contributed by atoms with Crippen molar-refractivity contribution in [1.29, 1.82) is 0 Å². The van der Waals surface area contributed by atoms with Crippen molar-refractivity contribution in [1.82, 2.24) is 0 Å². The molecule has 14 heavy (non-hydrogen) atoms. The van der Waals surface area contributed by atoms with E-state index in [1.54, 1.807) is 21.3 Å². The summed E-state index contributed by atoms with van der Waals surface area (Å²) >= 11 is 0. The van der Waals surface area contributed by atoms with E-state index in [1.807, 2.05) is 0 Å². The Morgan fingerprint density at radius 3 is 2.07 bits per heavy atom. The highest BCUT2D eigenvalue weighted by Crippen LogP contribution is 2.45. The van der Waals surface area contributed by atoms with Crippen LogP contribution in [0.4, 0.5) is 0 Å². The highest BCUT2D eigenvalue weighted by Gasteiger charge is 2.53. The summed E-state index contributed by atoms with van der Waals surface area (Å²) < 4.78 is 21.8. The molecule has 4 nitrogen and oxygen atoms in total. The molecular formula is C10H18O4. The molecule has 0 N–H and O–H groups in total. The molecule has 3 atom stereocenters. The first-order valence-electron chi connectivity index (χ1n) is 5.06. The van der Waals surface area contributed by atoms with E-state index in [2.05, 4.69) is 0 Å². The molecule has 2 fully saturated rings. The SMILES string of the molecule is COC(OC)(OC)C1CC2CCC1O2. The van der Waals surface area contributed by atoms with Crippen molar-refractivity contribution in [2.75, 3.05) is 21.3 Å². The second kappa shape index (κ2) is 3.77. The van der Waals surface area contributed by atoms with E-state index in [1.165, 1.54) is 0 Å². The Morgan fingerprint density at radius 2 is 1.71 bits per heavy atom. The summed E-state index contributed by atoms with van der Waals surface area (Å²) in [7, 11) is 4.83. The van der Waals surface area contributed by atoms with Crippen LogP contribution >= 0.6 is 0 Å². The first-order valence-corrected chi connectivity index (χ1v) is 5.06. The van der Waals surface area contributed by atoms with Gasteiger partial charge in [0.2, 0.25) is 0 Å². The van der Waals surface area contributed by atoms with Gasteiger partial charge in [-0.15, -0.1) is 0 Å². The molecule has 0 aromatic carbocycles. The van der Waals surface area contributed by atoms with Crippen LogP contribution in [0.1, 0.15) is 19.3 Å². The zero-order chi connectivity index (χ0) is 10.2. The second-order valence-corrected chi connectivity index (χ2v) is 3.93.